The van der Waals surface area contributed by atoms with Gasteiger partial charge in [-0.15, -0.1) is 5.54 Å². The van der Waals surface area contributed by atoms with Crippen molar-refractivity contribution >= 4 is 30.7 Å². The van der Waals surface area contributed by atoms with Crippen LogP contribution in [0.15, 0.2) is 18.5 Å². The summed E-state index contributed by atoms with van der Waals surface area (Å²) in [5.41, 5.74) is 9.42. The van der Waals surface area contributed by atoms with Crippen LogP contribution in [0.1, 0.15) is 37.7 Å². The lowest BCUT2D eigenvalue weighted by atomic mass is 10.0. The maximum Gasteiger partial charge on any atom is 0.145 e. The van der Waals surface area contributed by atoms with E-state index in [0.29, 0.717) is 5.15 Å². The number of hydrogen-bond acceptors (Lipinski definition) is 3. The van der Waals surface area contributed by atoms with Crippen LogP contribution in [0.2, 0.25) is 23.3 Å². The van der Waals surface area contributed by atoms with E-state index >= 15 is 0 Å². The van der Waals surface area contributed by atoms with Crippen LogP contribution in [0.25, 0.3) is 22.3 Å². The summed E-state index contributed by atoms with van der Waals surface area (Å²) in [4.78, 5) is 13.3. The number of fused-ring (bicyclic) bond motifs is 1. The first kappa shape index (κ1) is 20.6. The smallest absolute Gasteiger partial charge is 0.145 e. The van der Waals surface area contributed by atoms with Crippen LogP contribution in [0.3, 0.4) is 0 Å². The van der Waals surface area contributed by atoms with Gasteiger partial charge in [0, 0.05) is 18.3 Å². The zero-order valence-corrected chi connectivity index (χ0v) is 19.7. The first-order valence-electron chi connectivity index (χ1n) is 9.40. The normalized spacial score (nSPS) is 12.2. The van der Waals surface area contributed by atoms with Crippen LogP contribution in [0.5, 0.6) is 0 Å². The summed E-state index contributed by atoms with van der Waals surface area (Å²) in [5, 5.41) is 1.54. The summed E-state index contributed by atoms with van der Waals surface area (Å²) in [6.45, 7) is 15.6. The maximum atomic E-state index is 6.26. The second kappa shape index (κ2) is 7.02. The van der Waals surface area contributed by atoms with Crippen molar-refractivity contribution in [2.75, 3.05) is 0 Å². The zero-order chi connectivity index (χ0) is 20.9. The van der Waals surface area contributed by atoms with Gasteiger partial charge in [0.25, 0.3) is 0 Å². The van der Waals surface area contributed by atoms with Crippen LogP contribution >= 0.6 is 11.6 Å². The highest BCUT2D eigenvalue weighted by atomic mass is 35.5. The van der Waals surface area contributed by atoms with Crippen molar-refractivity contribution in [1.29, 1.82) is 0 Å². The van der Waals surface area contributed by atoms with Crippen LogP contribution < -0.4 is 0 Å². The molecule has 0 N–H and O–H groups in total. The molecular weight excluding hydrogens is 384 g/mol. The minimum Gasteiger partial charge on any atom is -0.328 e. The Morgan fingerprint density at radius 1 is 1.11 bits per heavy atom. The number of pyridine rings is 1. The van der Waals surface area contributed by atoms with E-state index in [0.717, 1.165) is 39.2 Å². The Labute approximate surface area is 173 Å². The summed E-state index contributed by atoms with van der Waals surface area (Å²) in [5.74, 6) is 3.35. The molecule has 0 unspecified atom stereocenters. The van der Waals surface area contributed by atoms with E-state index in [1.165, 1.54) is 6.33 Å². The molecule has 0 spiro atoms. The molecule has 0 saturated heterocycles. The molecule has 0 saturated carbocycles. The Kier molecular flexibility index (Phi) is 5.16. The van der Waals surface area contributed by atoms with E-state index < -0.39 is 8.07 Å². The fraction of sp³-hybridized carbons (Fsp3) is 0.409. The summed E-state index contributed by atoms with van der Waals surface area (Å²) in [7, 11) is 0.319. The molecule has 0 radical (unpaired) electrons. The van der Waals surface area contributed by atoms with Crippen molar-refractivity contribution in [3.05, 3.63) is 40.6 Å². The van der Waals surface area contributed by atoms with E-state index in [1.807, 2.05) is 24.6 Å². The zero-order valence-electron chi connectivity index (χ0n) is 17.9. The Hall–Kier alpha value is -2.16. The van der Waals surface area contributed by atoms with E-state index in [-0.39, 0.29) is 5.04 Å². The van der Waals surface area contributed by atoms with E-state index in [4.69, 9.17) is 16.6 Å². The number of hydrogen-bond donors (Lipinski definition) is 0. The van der Waals surface area contributed by atoms with E-state index in [9.17, 15) is 0 Å². The Morgan fingerprint density at radius 2 is 1.79 bits per heavy atom. The molecule has 0 bridgehead atoms. The molecule has 0 aromatic carbocycles. The molecule has 0 aliphatic heterocycles. The monoisotopic (exact) mass is 410 g/mol. The lowest BCUT2D eigenvalue weighted by Gasteiger charge is -2.31. The van der Waals surface area contributed by atoms with Gasteiger partial charge in [-0.3, -0.25) is 0 Å². The predicted molar refractivity (Wildman–Crippen MR) is 120 cm³/mol. The molecule has 3 heterocycles. The number of aryl methyl sites for hydroxylation is 3. The van der Waals surface area contributed by atoms with Gasteiger partial charge in [0.15, 0.2) is 0 Å². The molecule has 3 rings (SSSR count). The second-order valence-corrected chi connectivity index (χ2v) is 14.3. The average molecular weight is 411 g/mol. The third kappa shape index (κ3) is 3.59. The minimum atomic E-state index is -1.67. The molecule has 28 heavy (non-hydrogen) atoms. The maximum absolute atomic E-state index is 6.26. The summed E-state index contributed by atoms with van der Waals surface area (Å²) in [6.07, 6.45) is 1.49. The molecule has 4 nitrogen and oxygen atoms in total. The summed E-state index contributed by atoms with van der Waals surface area (Å²) >= 11 is 6.26. The molecule has 0 fully saturated rings. The van der Waals surface area contributed by atoms with Gasteiger partial charge in [-0.05, 0) is 36.6 Å². The van der Waals surface area contributed by atoms with Gasteiger partial charge >= 0.3 is 0 Å². The quantitative estimate of drug-likeness (QED) is 0.293. The second-order valence-electron chi connectivity index (χ2n) is 8.90. The topological polar surface area (TPSA) is 43.6 Å². The van der Waals surface area contributed by atoms with Gasteiger partial charge < -0.3 is 4.57 Å². The van der Waals surface area contributed by atoms with Crippen molar-refractivity contribution < 1.29 is 0 Å². The molecule has 146 valence electrons. The minimum absolute atomic E-state index is 0.230. The third-order valence-electron chi connectivity index (χ3n) is 5.81. The predicted octanol–water partition coefficient (Wildman–Crippen LogP) is 5.70. The van der Waals surface area contributed by atoms with Crippen molar-refractivity contribution in [2.45, 2.75) is 52.8 Å². The molecule has 0 aliphatic rings. The summed E-state index contributed by atoms with van der Waals surface area (Å²) in [6, 6.07) is 4.11. The SMILES string of the molecule is Cc1cc(C#C[Si](C)(C)C(C)(C)C)nc(C)c1-c1cc2c(Cl)ncnc2n1C. The third-order valence-corrected chi connectivity index (χ3v) is 10.6. The van der Waals surface area contributed by atoms with E-state index in [1.54, 1.807) is 0 Å². The average Bonchev–Trinajstić information content (AvgIpc) is 2.90. The molecule has 3 aromatic rings. The fourth-order valence-corrected chi connectivity index (χ4v) is 4.03. The van der Waals surface area contributed by atoms with Crippen molar-refractivity contribution in [3.63, 3.8) is 0 Å². The van der Waals surface area contributed by atoms with Crippen molar-refractivity contribution in [1.82, 2.24) is 19.5 Å². The Bertz CT molecular complexity index is 1100. The van der Waals surface area contributed by atoms with Crippen LogP contribution in [0.4, 0.5) is 0 Å². The van der Waals surface area contributed by atoms with Gasteiger partial charge in [-0.1, -0.05) is 51.4 Å². The highest BCUT2D eigenvalue weighted by Gasteiger charge is 2.33. The van der Waals surface area contributed by atoms with Crippen LogP contribution in [-0.4, -0.2) is 27.6 Å². The largest absolute Gasteiger partial charge is 0.328 e. The molecule has 0 amide bonds. The lowest BCUT2D eigenvalue weighted by molar-refractivity contribution is 0.731. The molecular formula is C22H27ClN4Si. The van der Waals surface area contributed by atoms with Crippen LogP contribution in [0, 0.1) is 25.3 Å². The molecule has 6 heteroatoms. The van der Waals surface area contributed by atoms with Gasteiger partial charge in [0.1, 0.15) is 30.9 Å². The van der Waals surface area contributed by atoms with Crippen molar-refractivity contribution in [3.8, 4) is 22.7 Å². The highest BCUT2D eigenvalue weighted by molar-refractivity contribution is 6.87. The summed E-state index contributed by atoms with van der Waals surface area (Å²) < 4.78 is 2.04. The first-order valence-corrected chi connectivity index (χ1v) is 12.8. The van der Waals surface area contributed by atoms with Gasteiger partial charge in [-0.2, -0.15) is 0 Å². The highest BCUT2D eigenvalue weighted by Crippen LogP contribution is 2.35. The number of nitrogens with zero attached hydrogens (tertiary/aromatic N) is 4. The van der Waals surface area contributed by atoms with Crippen LogP contribution in [-0.2, 0) is 7.05 Å². The Balaban J connectivity index is 2.10. The first-order chi connectivity index (χ1) is 12.9. The number of rotatable bonds is 1. The number of halogens is 1. The fourth-order valence-electron chi connectivity index (χ4n) is 3.04. The van der Waals surface area contributed by atoms with Gasteiger partial charge in [0.05, 0.1) is 11.1 Å². The van der Waals surface area contributed by atoms with E-state index in [2.05, 4.69) is 68.3 Å². The standard InChI is InChI=1S/C22H27ClN4Si/c1-14-11-16(9-10-28(7,8)22(3,4)5)26-15(2)19(14)18-12-17-20(23)24-13-25-21(17)27(18)6/h11-13H,1-8H3. The Morgan fingerprint density at radius 3 is 2.36 bits per heavy atom. The molecule has 0 aliphatic carbocycles. The molecule has 3 aromatic heterocycles. The molecule has 0 atom stereocenters. The number of aromatic nitrogens is 4. The van der Waals surface area contributed by atoms with Crippen molar-refractivity contribution in [2.24, 2.45) is 7.05 Å². The van der Waals surface area contributed by atoms with Gasteiger partial charge in [0.2, 0.25) is 0 Å². The lowest BCUT2D eigenvalue weighted by Crippen LogP contribution is -2.35. The van der Waals surface area contributed by atoms with Gasteiger partial charge in [-0.25, -0.2) is 15.0 Å².